The van der Waals surface area contributed by atoms with Crippen LogP contribution in [0.3, 0.4) is 0 Å². The van der Waals surface area contributed by atoms with E-state index in [1.165, 1.54) is 17.2 Å². The highest BCUT2D eigenvalue weighted by molar-refractivity contribution is 5.99. The predicted molar refractivity (Wildman–Crippen MR) is 150 cm³/mol. The van der Waals surface area contributed by atoms with Crippen LogP contribution in [-0.4, -0.2) is 56.8 Å². The molecule has 202 valence electrons. The van der Waals surface area contributed by atoms with Crippen molar-refractivity contribution in [3.63, 3.8) is 0 Å². The molecule has 10 heteroatoms. The van der Waals surface area contributed by atoms with E-state index in [1.807, 2.05) is 6.07 Å². The van der Waals surface area contributed by atoms with Crippen molar-refractivity contribution in [1.82, 2.24) is 20.1 Å². The van der Waals surface area contributed by atoms with Gasteiger partial charge in [0.1, 0.15) is 0 Å². The maximum atomic E-state index is 13.1. The van der Waals surface area contributed by atoms with E-state index in [0.717, 1.165) is 5.56 Å². The Kier molecular flexibility index (Phi) is 8.33. The van der Waals surface area contributed by atoms with E-state index < -0.39 is 5.91 Å². The molecule has 0 radical (unpaired) electrons. The first-order valence-electron chi connectivity index (χ1n) is 12.9. The molecule has 4 rings (SSSR count). The number of hydrogen-bond acceptors (Lipinski definition) is 8. The molecule has 1 atom stereocenters. The number of likely N-dealkylation sites (tertiary alicyclic amines) is 1. The van der Waals surface area contributed by atoms with E-state index in [-0.39, 0.29) is 41.6 Å². The van der Waals surface area contributed by atoms with E-state index in [9.17, 15) is 14.4 Å². The second kappa shape index (κ2) is 11.8. The molecule has 0 spiro atoms. The van der Waals surface area contributed by atoms with Crippen LogP contribution in [0.5, 0.6) is 0 Å². The van der Waals surface area contributed by atoms with Gasteiger partial charge in [-0.05, 0) is 54.2 Å². The lowest BCUT2D eigenvalue weighted by atomic mass is 9.94. The van der Waals surface area contributed by atoms with E-state index >= 15 is 0 Å². The van der Waals surface area contributed by atoms with Crippen LogP contribution in [0.15, 0.2) is 55.1 Å². The number of Topliss-reactive ketones (excluding diaryl/α,β-unsaturated/α-hetero) is 1. The van der Waals surface area contributed by atoms with Crippen LogP contribution in [0.2, 0.25) is 0 Å². The highest BCUT2D eigenvalue weighted by Crippen LogP contribution is 2.23. The average Bonchev–Trinajstić information content (AvgIpc) is 3.36. The molecule has 1 aliphatic rings. The predicted octanol–water partition coefficient (Wildman–Crippen LogP) is 3.77. The number of anilines is 3. The Morgan fingerprint density at radius 2 is 1.97 bits per heavy atom. The number of aromatic nitrogens is 3. The quantitative estimate of drug-likeness (QED) is 0.267. The third-order valence-corrected chi connectivity index (χ3v) is 6.70. The molecule has 1 aromatic heterocycles. The van der Waals surface area contributed by atoms with Gasteiger partial charge < -0.3 is 21.3 Å². The second-order valence-corrected chi connectivity index (χ2v) is 9.97. The molecule has 0 saturated carbocycles. The number of rotatable bonds is 10. The first-order chi connectivity index (χ1) is 18.6. The highest BCUT2D eigenvalue weighted by Gasteiger charge is 2.26. The van der Waals surface area contributed by atoms with Crippen LogP contribution in [0.4, 0.5) is 17.5 Å². The van der Waals surface area contributed by atoms with Gasteiger partial charge in [0, 0.05) is 36.8 Å². The number of carbonyl (C=O) groups is 3. The third-order valence-electron chi connectivity index (χ3n) is 6.70. The Bertz CT molecular complexity index is 1420. The van der Waals surface area contributed by atoms with Crippen molar-refractivity contribution in [1.29, 1.82) is 0 Å². The summed E-state index contributed by atoms with van der Waals surface area (Å²) in [7, 11) is 0. The third kappa shape index (κ3) is 6.64. The van der Waals surface area contributed by atoms with Gasteiger partial charge in [-0.25, -0.2) is 0 Å². The molecular formula is C29H33N7O3. The summed E-state index contributed by atoms with van der Waals surface area (Å²) in [5.41, 5.74) is 9.83. The second-order valence-electron chi connectivity index (χ2n) is 9.97. The van der Waals surface area contributed by atoms with Crippen molar-refractivity contribution >= 4 is 35.1 Å². The number of nitrogens with one attached hydrogen (secondary N) is 2. The minimum atomic E-state index is -0.792. The maximum absolute atomic E-state index is 13.1. The maximum Gasteiger partial charge on any atom is 0.273 e. The van der Waals surface area contributed by atoms with Crippen LogP contribution in [0.1, 0.15) is 63.7 Å². The fourth-order valence-corrected chi connectivity index (χ4v) is 4.72. The fraction of sp³-hybridized carbons (Fsp3) is 0.310. The highest BCUT2D eigenvalue weighted by atomic mass is 16.2. The molecule has 0 aliphatic carbocycles. The van der Waals surface area contributed by atoms with E-state index in [0.29, 0.717) is 36.7 Å². The number of amides is 2. The van der Waals surface area contributed by atoms with Gasteiger partial charge in [-0.2, -0.15) is 4.98 Å². The Hall–Kier alpha value is -4.60. The Labute approximate surface area is 227 Å². The number of aryl methyl sites for hydroxylation is 1. The zero-order chi connectivity index (χ0) is 28.1. The summed E-state index contributed by atoms with van der Waals surface area (Å²) in [6.07, 6.45) is 2.25. The van der Waals surface area contributed by atoms with Gasteiger partial charge in [-0.3, -0.25) is 14.4 Å². The Morgan fingerprint density at radius 1 is 1.18 bits per heavy atom. The van der Waals surface area contributed by atoms with E-state index in [1.54, 1.807) is 29.2 Å². The summed E-state index contributed by atoms with van der Waals surface area (Å²) in [4.78, 5) is 43.0. The summed E-state index contributed by atoms with van der Waals surface area (Å²) < 4.78 is 0. The number of nitrogens with two attached hydrogens (primary N) is 1. The fourth-order valence-electron chi connectivity index (χ4n) is 4.72. The van der Waals surface area contributed by atoms with Gasteiger partial charge >= 0.3 is 0 Å². The first-order valence-corrected chi connectivity index (χ1v) is 12.9. The van der Waals surface area contributed by atoms with Gasteiger partial charge in [-0.1, -0.05) is 50.8 Å². The minimum absolute atomic E-state index is 0.0338. The molecule has 2 aromatic carbocycles. The summed E-state index contributed by atoms with van der Waals surface area (Å²) in [6.45, 7) is 10.9. The monoisotopic (exact) mass is 527 g/mol. The van der Waals surface area contributed by atoms with Crippen molar-refractivity contribution in [2.45, 2.75) is 45.6 Å². The summed E-state index contributed by atoms with van der Waals surface area (Å²) in [6, 6.07) is 13.0. The number of ketones is 1. The molecule has 4 N–H and O–H groups in total. The van der Waals surface area contributed by atoms with Crippen molar-refractivity contribution < 1.29 is 14.4 Å². The number of primary amides is 1. The lowest BCUT2D eigenvalue weighted by molar-refractivity contribution is -0.125. The summed E-state index contributed by atoms with van der Waals surface area (Å²) in [5, 5.41) is 14.1. The van der Waals surface area contributed by atoms with Crippen molar-refractivity contribution in [2.75, 3.05) is 23.7 Å². The topological polar surface area (TPSA) is 143 Å². The Balaban J connectivity index is 1.49. The Morgan fingerprint density at radius 3 is 2.67 bits per heavy atom. The van der Waals surface area contributed by atoms with Crippen LogP contribution < -0.4 is 16.4 Å². The molecule has 2 heterocycles. The number of carbonyl (C=O) groups excluding carboxylic acids is 3. The van der Waals surface area contributed by atoms with E-state index in [2.05, 4.69) is 65.3 Å². The molecule has 2 amide bonds. The molecule has 0 bridgehead atoms. The largest absolute Gasteiger partial charge is 0.364 e. The number of hydrogen-bond donors (Lipinski definition) is 3. The molecule has 1 saturated heterocycles. The summed E-state index contributed by atoms with van der Waals surface area (Å²) in [5.74, 6) is -0.242. The van der Waals surface area contributed by atoms with Crippen molar-refractivity contribution in [3.8, 4) is 0 Å². The minimum Gasteiger partial charge on any atom is -0.364 e. The molecule has 1 aliphatic heterocycles. The average molecular weight is 528 g/mol. The molecule has 0 unspecified atom stereocenters. The van der Waals surface area contributed by atoms with Crippen molar-refractivity contribution in [2.24, 2.45) is 5.73 Å². The standard InChI is InChI=1S/C29H33N7O3/c1-5-25(38)36-12-11-22(16-36)32-29-33-28(26(27(30)39)34-35-29)31-21-8-6-7-20(15-21)24(37)14-19-9-10-23(17(2)3)18(4)13-19/h5-10,13,15,17,22H,1,11-12,14,16H2,2-4H3,(H2,30,39)(H2,31,32,33,35)/t22-/m1/s1. The molecule has 39 heavy (non-hydrogen) atoms. The zero-order valence-electron chi connectivity index (χ0n) is 22.4. The lowest BCUT2D eigenvalue weighted by Crippen LogP contribution is -2.30. The lowest BCUT2D eigenvalue weighted by Gasteiger charge is -2.16. The van der Waals surface area contributed by atoms with Crippen molar-refractivity contribution in [3.05, 3.63) is 83.1 Å². The van der Waals surface area contributed by atoms with E-state index in [4.69, 9.17) is 5.73 Å². The SMILES string of the molecule is C=CC(=O)N1CC[C@@H](Nc2nnc(C(N)=O)c(Nc3cccc(C(=O)Cc4ccc(C(C)C)c(C)c4)c3)n2)C1. The van der Waals surface area contributed by atoms with Gasteiger partial charge in [0.15, 0.2) is 17.3 Å². The van der Waals surface area contributed by atoms with Gasteiger partial charge in [0.25, 0.3) is 5.91 Å². The van der Waals surface area contributed by atoms with Crippen LogP contribution in [0, 0.1) is 6.92 Å². The molecular weight excluding hydrogens is 494 g/mol. The van der Waals surface area contributed by atoms with Gasteiger partial charge in [0.2, 0.25) is 11.9 Å². The normalized spacial score (nSPS) is 14.8. The van der Waals surface area contributed by atoms with Crippen LogP contribution in [0.25, 0.3) is 0 Å². The summed E-state index contributed by atoms with van der Waals surface area (Å²) >= 11 is 0. The number of nitrogens with zero attached hydrogens (tertiary/aromatic N) is 4. The smallest absolute Gasteiger partial charge is 0.273 e. The molecule has 10 nitrogen and oxygen atoms in total. The van der Waals surface area contributed by atoms with Gasteiger partial charge in [-0.15, -0.1) is 10.2 Å². The number of benzene rings is 2. The first kappa shape index (κ1) is 27.4. The van der Waals surface area contributed by atoms with Crippen LogP contribution >= 0.6 is 0 Å². The molecule has 1 fully saturated rings. The van der Waals surface area contributed by atoms with Crippen LogP contribution in [-0.2, 0) is 11.2 Å². The molecule has 3 aromatic rings. The zero-order valence-corrected chi connectivity index (χ0v) is 22.4. The van der Waals surface area contributed by atoms with Gasteiger partial charge in [0.05, 0.1) is 0 Å².